The normalized spacial score (nSPS) is 12.4. The molecular formula is C20H17Cl2N3O4S. The lowest BCUT2D eigenvalue weighted by Crippen LogP contribution is -2.32. The van der Waals surface area contributed by atoms with E-state index in [2.05, 4.69) is 16.7 Å². The van der Waals surface area contributed by atoms with Crippen LogP contribution in [-0.4, -0.2) is 30.9 Å². The summed E-state index contributed by atoms with van der Waals surface area (Å²) in [6.07, 6.45) is 3.82. The fraction of sp³-hybridized carbons (Fsp3) is 0.300. The molecule has 1 aliphatic carbocycles. The standard InChI is InChI=1S/C20H17Cl2N3O4S/c21-11-5-6-13(15(22)7-11)19(28)24-9-18(27)29-10-17(26)25-20-14(8-23)12-3-1-2-4-16(12)30-20/h5-7H,1-4,9-10H2,(H,24,28)(H,25,26). The van der Waals surface area contributed by atoms with Crippen molar-refractivity contribution in [1.29, 1.82) is 5.26 Å². The highest BCUT2D eigenvalue weighted by molar-refractivity contribution is 7.16. The van der Waals surface area contributed by atoms with E-state index in [0.29, 0.717) is 15.6 Å². The average molecular weight is 466 g/mol. The van der Waals surface area contributed by atoms with Crippen LogP contribution in [0, 0.1) is 11.3 Å². The Morgan fingerprint density at radius 1 is 1.20 bits per heavy atom. The van der Waals surface area contributed by atoms with Gasteiger partial charge in [-0.1, -0.05) is 23.2 Å². The maximum absolute atomic E-state index is 12.1. The molecule has 2 aromatic rings. The molecule has 0 saturated heterocycles. The van der Waals surface area contributed by atoms with Gasteiger partial charge in [0.25, 0.3) is 11.8 Å². The summed E-state index contributed by atoms with van der Waals surface area (Å²) < 4.78 is 4.89. The zero-order valence-corrected chi connectivity index (χ0v) is 18.0. The van der Waals surface area contributed by atoms with E-state index in [9.17, 15) is 19.6 Å². The van der Waals surface area contributed by atoms with E-state index in [1.165, 1.54) is 29.5 Å². The number of hydrogen-bond acceptors (Lipinski definition) is 6. The number of carbonyl (C=O) groups is 3. The summed E-state index contributed by atoms with van der Waals surface area (Å²) in [6, 6.07) is 6.51. The van der Waals surface area contributed by atoms with Crippen molar-refractivity contribution in [3.05, 3.63) is 49.8 Å². The molecule has 0 aliphatic heterocycles. The van der Waals surface area contributed by atoms with Gasteiger partial charge in [0.2, 0.25) is 0 Å². The second-order valence-electron chi connectivity index (χ2n) is 6.54. The van der Waals surface area contributed by atoms with Gasteiger partial charge < -0.3 is 15.4 Å². The van der Waals surface area contributed by atoms with Crippen LogP contribution in [-0.2, 0) is 27.2 Å². The van der Waals surface area contributed by atoms with Crippen LogP contribution in [0.3, 0.4) is 0 Å². The van der Waals surface area contributed by atoms with Crippen LogP contribution in [0.4, 0.5) is 5.00 Å². The lowest BCUT2D eigenvalue weighted by molar-refractivity contribution is -0.146. The van der Waals surface area contributed by atoms with Gasteiger partial charge in [0.15, 0.2) is 6.61 Å². The number of thiophene rings is 1. The number of hydrogen-bond donors (Lipinski definition) is 2. The van der Waals surface area contributed by atoms with Crippen molar-refractivity contribution in [3.8, 4) is 6.07 Å². The Morgan fingerprint density at radius 3 is 2.70 bits per heavy atom. The van der Waals surface area contributed by atoms with E-state index in [-0.39, 0.29) is 10.6 Å². The first kappa shape index (κ1) is 22.1. The van der Waals surface area contributed by atoms with Crippen LogP contribution >= 0.6 is 34.5 Å². The van der Waals surface area contributed by atoms with Crippen LogP contribution in [0.2, 0.25) is 10.0 Å². The summed E-state index contributed by atoms with van der Waals surface area (Å²) in [4.78, 5) is 37.2. The molecule has 0 atom stereocenters. The topological polar surface area (TPSA) is 108 Å². The third kappa shape index (κ3) is 5.30. The molecule has 10 heteroatoms. The fourth-order valence-electron chi connectivity index (χ4n) is 3.05. The van der Waals surface area contributed by atoms with Gasteiger partial charge in [0, 0.05) is 9.90 Å². The summed E-state index contributed by atoms with van der Waals surface area (Å²) in [5, 5.41) is 15.4. The van der Waals surface area contributed by atoms with E-state index in [0.717, 1.165) is 36.1 Å². The molecule has 0 bridgehead atoms. The number of fused-ring (bicyclic) bond motifs is 1. The van der Waals surface area contributed by atoms with Crippen molar-refractivity contribution in [2.75, 3.05) is 18.5 Å². The fourth-order valence-corrected chi connectivity index (χ4v) is 4.80. The lowest BCUT2D eigenvalue weighted by Gasteiger charge is -2.09. The van der Waals surface area contributed by atoms with Crippen molar-refractivity contribution in [2.24, 2.45) is 0 Å². The number of rotatable bonds is 6. The van der Waals surface area contributed by atoms with E-state index < -0.39 is 30.9 Å². The van der Waals surface area contributed by atoms with Gasteiger partial charge in [0.1, 0.15) is 17.6 Å². The summed E-state index contributed by atoms with van der Waals surface area (Å²) in [5.74, 6) is -1.90. The Labute approximate surface area is 186 Å². The zero-order valence-electron chi connectivity index (χ0n) is 15.7. The molecule has 0 radical (unpaired) electrons. The molecule has 1 aromatic carbocycles. The highest BCUT2D eigenvalue weighted by atomic mass is 35.5. The van der Waals surface area contributed by atoms with Crippen LogP contribution < -0.4 is 10.6 Å². The van der Waals surface area contributed by atoms with Crippen LogP contribution in [0.1, 0.15) is 39.2 Å². The van der Waals surface area contributed by atoms with Crippen molar-refractivity contribution >= 4 is 57.3 Å². The van der Waals surface area contributed by atoms with Crippen molar-refractivity contribution < 1.29 is 19.1 Å². The van der Waals surface area contributed by atoms with E-state index >= 15 is 0 Å². The monoisotopic (exact) mass is 465 g/mol. The Bertz CT molecular complexity index is 1050. The second kappa shape index (κ2) is 9.94. The zero-order chi connectivity index (χ0) is 21.7. The third-order valence-corrected chi connectivity index (χ3v) is 6.22. The first-order valence-electron chi connectivity index (χ1n) is 9.12. The molecule has 7 nitrogen and oxygen atoms in total. The Kier molecular flexibility index (Phi) is 7.32. The van der Waals surface area contributed by atoms with Crippen molar-refractivity contribution in [2.45, 2.75) is 25.7 Å². The maximum Gasteiger partial charge on any atom is 0.325 e. The lowest BCUT2D eigenvalue weighted by atomic mass is 9.96. The number of benzene rings is 1. The Hall–Kier alpha value is -2.60. The predicted molar refractivity (Wildman–Crippen MR) is 114 cm³/mol. The SMILES string of the molecule is N#Cc1c(NC(=O)COC(=O)CNC(=O)c2ccc(Cl)cc2Cl)sc2c1CCCC2. The molecule has 156 valence electrons. The molecule has 0 unspecified atom stereocenters. The highest BCUT2D eigenvalue weighted by Crippen LogP contribution is 2.37. The molecule has 1 aromatic heterocycles. The average Bonchev–Trinajstić information content (AvgIpc) is 3.07. The van der Waals surface area contributed by atoms with E-state index in [4.69, 9.17) is 27.9 Å². The molecule has 0 fully saturated rings. The largest absolute Gasteiger partial charge is 0.454 e. The number of carbonyl (C=O) groups excluding carboxylic acids is 3. The summed E-state index contributed by atoms with van der Waals surface area (Å²) >= 11 is 13.1. The number of aryl methyl sites for hydroxylation is 1. The molecule has 3 rings (SSSR count). The predicted octanol–water partition coefficient (Wildman–Crippen LogP) is 3.72. The van der Waals surface area contributed by atoms with Crippen molar-refractivity contribution in [1.82, 2.24) is 5.32 Å². The first-order valence-corrected chi connectivity index (χ1v) is 10.7. The van der Waals surface area contributed by atoms with E-state index in [1.807, 2.05) is 0 Å². The number of esters is 1. The molecule has 30 heavy (non-hydrogen) atoms. The number of nitriles is 1. The molecule has 2 amide bonds. The minimum absolute atomic E-state index is 0.152. The number of ether oxygens (including phenoxy) is 1. The molecule has 1 heterocycles. The van der Waals surface area contributed by atoms with Gasteiger partial charge in [0.05, 0.1) is 16.1 Å². The molecule has 1 aliphatic rings. The Morgan fingerprint density at radius 2 is 1.97 bits per heavy atom. The van der Waals surface area contributed by atoms with Gasteiger partial charge in [-0.25, -0.2) is 0 Å². The maximum atomic E-state index is 12.1. The molecular weight excluding hydrogens is 449 g/mol. The first-order chi connectivity index (χ1) is 14.4. The van der Waals surface area contributed by atoms with Crippen molar-refractivity contribution in [3.63, 3.8) is 0 Å². The van der Waals surface area contributed by atoms with Gasteiger partial charge in [-0.2, -0.15) is 5.26 Å². The third-order valence-electron chi connectivity index (χ3n) is 4.47. The summed E-state index contributed by atoms with van der Waals surface area (Å²) in [5.41, 5.74) is 1.66. The van der Waals surface area contributed by atoms with Gasteiger partial charge >= 0.3 is 5.97 Å². The quantitative estimate of drug-likeness (QED) is 0.631. The highest BCUT2D eigenvalue weighted by Gasteiger charge is 2.22. The van der Waals surface area contributed by atoms with E-state index in [1.54, 1.807) is 0 Å². The molecule has 2 N–H and O–H groups in total. The number of nitrogens with zero attached hydrogens (tertiary/aromatic N) is 1. The van der Waals surface area contributed by atoms with Crippen LogP contribution in [0.25, 0.3) is 0 Å². The second-order valence-corrected chi connectivity index (χ2v) is 8.49. The number of amides is 2. The molecule has 0 saturated carbocycles. The molecule has 0 spiro atoms. The number of anilines is 1. The minimum atomic E-state index is -0.783. The summed E-state index contributed by atoms with van der Waals surface area (Å²) in [7, 11) is 0. The van der Waals surface area contributed by atoms with Gasteiger partial charge in [-0.05, 0) is 49.4 Å². The minimum Gasteiger partial charge on any atom is -0.454 e. The van der Waals surface area contributed by atoms with Gasteiger partial charge in [-0.15, -0.1) is 11.3 Å². The van der Waals surface area contributed by atoms with Gasteiger partial charge in [-0.3, -0.25) is 14.4 Å². The smallest absolute Gasteiger partial charge is 0.325 e. The number of halogens is 2. The number of nitrogens with one attached hydrogen (secondary N) is 2. The van der Waals surface area contributed by atoms with Crippen LogP contribution in [0.5, 0.6) is 0 Å². The summed E-state index contributed by atoms with van der Waals surface area (Å²) in [6.45, 7) is -0.953. The Balaban J connectivity index is 1.48. The van der Waals surface area contributed by atoms with Crippen LogP contribution in [0.15, 0.2) is 18.2 Å².